The minimum absolute atomic E-state index is 0.111. The van der Waals surface area contributed by atoms with Gasteiger partial charge in [-0.05, 0) is 54.0 Å². The molecule has 0 saturated heterocycles. The number of benzene rings is 1. The number of carboxylic acids is 1. The van der Waals surface area contributed by atoms with Crippen LogP contribution in [-0.4, -0.2) is 43.4 Å². The Bertz CT molecular complexity index is 982. The van der Waals surface area contributed by atoms with Gasteiger partial charge in [-0.1, -0.05) is 11.6 Å². The summed E-state index contributed by atoms with van der Waals surface area (Å²) < 4.78 is 15.4. The molecule has 1 N–H and O–H groups in total. The Morgan fingerprint density at radius 1 is 1.10 bits per heavy atom. The Hall–Kier alpha value is -3.32. The number of carbonyl (C=O) groups excluding carboxylic acids is 1. The summed E-state index contributed by atoms with van der Waals surface area (Å²) in [6.07, 6.45) is 4.42. The molecule has 2 rings (SSSR count). The molecular weight excluding hydrogens is 398 g/mol. The van der Waals surface area contributed by atoms with E-state index in [1.807, 2.05) is 0 Å². The minimum Gasteiger partial charge on any atom is -0.493 e. The lowest BCUT2D eigenvalue weighted by atomic mass is 9.94. The molecular formula is C21H20ClNO6. The van der Waals surface area contributed by atoms with Crippen molar-refractivity contribution in [2.45, 2.75) is 6.92 Å². The molecule has 0 aliphatic carbocycles. The molecule has 8 heteroatoms. The van der Waals surface area contributed by atoms with Crippen LogP contribution in [0.25, 0.3) is 11.6 Å². The van der Waals surface area contributed by atoms with E-state index >= 15 is 0 Å². The van der Waals surface area contributed by atoms with Crippen LogP contribution < -0.4 is 9.47 Å². The van der Waals surface area contributed by atoms with Gasteiger partial charge in [-0.25, -0.2) is 9.59 Å². The van der Waals surface area contributed by atoms with E-state index in [1.54, 1.807) is 31.2 Å². The van der Waals surface area contributed by atoms with Crippen molar-refractivity contribution < 1.29 is 28.9 Å². The van der Waals surface area contributed by atoms with Crippen molar-refractivity contribution in [2.75, 3.05) is 21.3 Å². The van der Waals surface area contributed by atoms with E-state index in [0.717, 1.165) is 0 Å². The van der Waals surface area contributed by atoms with Gasteiger partial charge in [0.2, 0.25) is 0 Å². The first-order chi connectivity index (χ1) is 13.8. The third kappa shape index (κ3) is 4.94. The third-order valence-electron chi connectivity index (χ3n) is 4.15. The van der Waals surface area contributed by atoms with Crippen LogP contribution in [0.1, 0.15) is 18.1 Å². The van der Waals surface area contributed by atoms with Crippen LogP contribution in [0.2, 0.25) is 5.02 Å². The fourth-order valence-electron chi connectivity index (χ4n) is 2.71. The Morgan fingerprint density at radius 3 is 2.28 bits per heavy atom. The largest absolute Gasteiger partial charge is 0.493 e. The summed E-state index contributed by atoms with van der Waals surface area (Å²) in [4.78, 5) is 28.4. The molecule has 2 aromatic rings. The van der Waals surface area contributed by atoms with Gasteiger partial charge in [0.1, 0.15) is 0 Å². The summed E-state index contributed by atoms with van der Waals surface area (Å²) in [7, 11) is 4.08. The summed E-state index contributed by atoms with van der Waals surface area (Å²) in [5, 5.41) is 10.0. The van der Waals surface area contributed by atoms with Crippen molar-refractivity contribution in [2.24, 2.45) is 0 Å². The number of aliphatic carboxylic acids is 1. The van der Waals surface area contributed by atoms with Crippen molar-refractivity contribution in [1.29, 1.82) is 0 Å². The molecule has 0 fully saturated rings. The summed E-state index contributed by atoms with van der Waals surface area (Å²) in [6, 6.07) is 6.42. The molecule has 152 valence electrons. The lowest BCUT2D eigenvalue weighted by Crippen LogP contribution is -2.15. The Balaban J connectivity index is 2.77. The average Bonchev–Trinajstić information content (AvgIpc) is 2.72. The standard InChI is InChI=1S/C21H20ClNO6/c1-12(14-10-16(22)19(28-3)17(11-14)27-2)18(21(26)29-4)15(20(24)25)9-13-5-7-23-8-6-13/h5-11H,1-4H3,(H,24,25)/b15-9+,18-12-. The van der Waals surface area contributed by atoms with Gasteiger partial charge < -0.3 is 19.3 Å². The van der Waals surface area contributed by atoms with Crippen LogP contribution in [0, 0.1) is 0 Å². The molecule has 1 aromatic carbocycles. The van der Waals surface area contributed by atoms with Crippen molar-refractivity contribution in [3.05, 3.63) is 64.0 Å². The van der Waals surface area contributed by atoms with E-state index < -0.39 is 11.9 Å². The number of carbonyl (C=O) groups is 2. The number of nitrogens with zero attached hydrogens (tertiary/aromatic N) is 1. The molecule has 1 heterocycles. The molecule has 7 nitrogen and oxygen atoms in total. The highest BCUT2D eigenvalue weighted by molar-refractivity contribution is 6.32. The maximum absolute atomic E-state index is 12.5. The number of hydrogen-bond donors (Lipinski definition) is 1. The summed E-state index contributed by atoms with van der Waals surface area (Å²) >= 11 is 6.27. The Morgan fingerprint density at radius 2 is 1.76 bits per heavy atom. The number of aromatic nitrogens is 1. The smallest absolute Gasteiger partial charge is 0.339 e. The van der Waals surface area contributed by atoms with E-state index in [4.69, 9.17) is 25.8 Å². The summed E-state index contributed by atoms with van der Waals surface area (Å²) in [6.45, 7) is 1.60. The SMILES string of the molecule is COC(=O)C(=C(/C)c1cc(Cl)c(OC)c(OC)c1)/C(=C\c1ccncc1)C(=O)O. The van der Waals surface area contributed by atoms with Gasteiger partial charge in [0.05, 0.1) is 37.5 Å². The van der Waals surface area contributed by atoms with Gasteiger partial charge in [-0.15, -0.1) is 0 Å². The van der Waals surface area contributed by atoms with Gasteiger partial charge in [-0.3, -0.25) is 4.98 Å². The molecule has 0 amide bonds. The third-order valence-corrected chi connectivity index (χ3v) is 4.43. The number of rotatable bonds is 7. The average molecular weight is 418 g/mol. The van der Waals surface area contributed by atoms with E-state index in [0.29, 0.717) is 28.2 Å². The van der Waals surface area contributed by atoms with Crippen LogP contribution in [0.15, 0.2) is 47.8 Å². The zero-order chi connectivity index (χ0) is 21.6. The molecule has 0 spiro atoms. The monoisotopic (exact) mass is 417 g/mol. The minimum atomic E-state index is -1.28. The quantitative estimate of drug-likeness (QED) is 0.415. The highest BCUT2D eigenvalue weighted by Crippen LogP contribution is 2.39. The fourth-order valence-corrected chi connectivity index (χ4v) is 3.00. The molecule has 0 bridgehead atoms. The van der Waals surface area contributed by atoms with Gasteiger partial charge in [0.25, 0.3) is 0 Å². The van der Waals surface area contributed by atoms with E-state index in [2.05, 4.69) is 4.98 Å². The number of esters is 1. The first-order valence-corrected chi connectivity index (χ1v) is 8.78. The normalized spacial score (nSPS) is 12.1. The van der Waals surface area contributed by atoms with Crippen LogP contribution in [-0.2, 0) is 14.3 Å². The molecule has 0 saturated carbocycles. The van der Waals surface area contributed by atoms with E-state index in [-0.39, 0.29) is 16.2 Å². The molecule has 0 atom stereocenters. The first kappa shape index (κ1) is 22.0. The first-order valence-electron chi connectivity index (χ1n) is 8.40. The lowest BCUT2D eigenvalue weighted by molar-refractivity contribution is -0.138. The number of halogens is 1. The summed E-state index contributed by atoms with van der Waals surface area (Å²) in [5.74, 6) is -1.41. The van der Waals surface area contributed by atoms with Crippen molar-refractivity contribution in [3.8, 4) is 11.5 Å². The van der Waals surface area contributed by atoms with Gasteiger partial charge >= 0.3 is 11.9 Å². The zero-order valence-corrected chi connectivity index (χ0v) is 17.1. The second kappa shape index (κ2) is 9.75. The predicted octanol–water partition coefficient (Wildman–Crippen LogP) is 3.87. The highest BCUT2D eigenvalue weighted by atomic mass is 35.5. The second-order valence-electron chi connectivity index (χ2n) is 5.83. The van der Waals surface area contributed by atoms with Gasteiger partial charge in [0.15, 0.2) is 11.5 Å². The predicted molar refractivity (Wildman–Crippen MR) is 109 cm³/mol. The molecule has 0 unspecified atom stereocenters. The zero-order valence-electron chi connectivity index (χ0n) is 16.4. The maximum Gasteiger partial charge on any atom is 0.339 e. The highest BCUT2D eigenvalue weighted by Gasteiger charge is 2.25. The molecule has 1 aromatic heterocycles. The molecule has 0 aliphatic rings. The van der Waals surface area contributed by atoms with Crippen LogP contribution in [0.4, 0.5) is 0 Å². The molecule has 29 heavy (non-hydrogen) atoms. The number of pyridine rings is 1. The van der Waals surface area contributed by atoms with Crippen molar-refractivity contribution in [1.82, 2.24) is 4.98 Å². The Labute approximate surface area is 173 Å². The number of hydrogen-bond acceptors (Lipinski definition) is 6. The number of methoxy groups -OCH3 is 3. The van der Waals surface area contributed by atoms with E-state index in [1.165, 1.54) is 39.8 Å². The number of ether oxygens (including phenoxy) is 3. The Kier molecular flexibility index (Phi) is 7.39. The van der Waals surface area contributed by atoms with Crippen LogP contribution >= 0.6 is 11.6 Å². The second-order valence-corrected chi connectivity index (χ2v) is 6.24. The number of allylic oxidation sites excluding steroid dienone is 1. The van der Waals surface area contributed by atoms with Crippen LogP contribution in [0.5, 0.6) is 11.5 Å². The lowest BCUT2D eigenvalue weighted by Gasteiger charge is -2.15. The number of carboxylic acid groups (broad SMARTS) is 1. The topological polar surface area (TPSA) is 95.0 Å². The molecule has 0 radical (unpaired) electrons. The van der Waals surface area contributed by atoms with Crippen molar-refractivity contribution >= 4 is 35.2 Å². The van der Waals surface area contributed by atoms with E-state index in [9.17, 15) is 14.7 Å². The van der Waals surface area contributed by atoms with Crippen LogP contribution in [0.3, 0.4) is 0 Å². The summed E-state index contributed by atoms with van der Waals surface area (Å²) in [5.41, 5.74) is 1.06. The van der Waals surface area contributed by atoms with Crippen molar-refractivity contribution in [3.63, 3.8) is 0 Å². The van der Waals surface area contributed by atoms with Gasteiger partial charge in [-0.2, -0.15) is 0 Å². The fraction of sp³-hybridized carbons (Fsp3) is 0.190. The maximum atomic E-state index is 12.5. The molecule has 0 aliphatic heterocycles. The van der Waals surface area contributed by atoms with Gasteiger partial charge in [0, 0.05) is 12.4 Å².